The van der Waals surface area contributed by atoms with Crippen molar-refractivity contribution in [3.8, 4) is 0 Å². The van der Waals surface area contributed by atoms with Gasteiger partial charge in [-0.25, -0.2) is 0 Å². The summed E-state index contributed by atoms with van der Waals surface area (Å²) in [6.07, 6.45) is 2.05. The lowest BCUT2D eigenvalue weighted by Gasteiger charge is -2.09. The Morgan fingerprint density at radius 2 is 1.91 bits per heavy atom. The Hall–Kier alpha value is 0.270. The van der Waals surface area contributed by atoms with Gasteiger partial charge in [0.15, 0.2) is 0 Å². The van der Waals surface area contributed by atoms with Crippen LogP contribution in [-0.4, -0.2) is 34.9 Å². The highest BCUT2D eigenvalue weighted by Gasteiger charge is 2.03. The Balaban J connectivity index is 3.07. The summed E-state index contributed by atoms with van der Waals surface area (Å²) >= 11 is 1.91. The molecule has 2 N–H and O–H groups in total. The maximum absolute atomic E-state index is 8.72. The van der Waals surface area contributed by atoms with E-state index in [1.807, 2.05) is 11.8 Å². The largest absolute Gasteiger partial charge is 0.396 e. The topological polar surface area (TPSA) is 40.5 Å². The van der Waals surface area contributed by atoms with Crippen LogP contribution in [0.5, 0.6) is 0 Å². The molecule has 2 nitrogen and oxygen atoms in total. The van der Waals surface area contributed by atoms with Crippen molar-refractivity contribution in [3.63, 3.8) is 0 Å². The SMILES string of the molecule is CCSCCCC(CO)CO. The van der Waals surface area contributed by atoms with Crippen LogP contribution >= 0.6 is 11.8 Å². The van der Waals surface area contributed by atoms with Gasteiger partial charge in [0.25, 0.3) is 0 Å². The van der Waals surface area contributed by atoms with E-state index in [0.29, 0.717) is 0 Å². The van der Waals surface area contributed by atoms with E-state index in [4.69, 9.17) is 10.2 Å². The van der Waals surface area contributed by atoms with Gasteiger partial charge in [-0.15, -0.1) is 0 Å². The van der Waals surface area contributed by atoms with E-state index >= 15 is 0 Å². The highest BCUT2D eigenvalue weighted by atomic mass is 32.2. The maximum Gasteiger partial charge on any atom is 0.0481 e. The van der Waals surface area contributed by atoms with Crippen LogP contribution in [0.2, 0.25) is 0 Å². The van der Waals surface area contributed by atoms with Crippen LogP contribution in [-0.2, 0) is 0 Å². The van der Waals surface area contributed by atoms with E-state index in [9.17, 15) is 0 Å². The Morgan fingerprint density at radius 3 is 2.36 bits per heavy atom. The predicted molar refractivity (Wildman–Crippen MR) is 49.9 cm³/mol. The molecule has 0 bridgehead atoms. The molecule has 0 amide bonds. The maximum atomic E-state index is 8.72. The Kier molecular flexibility index (Phi) is 8.57. The molecular weight excluding hydrogens is 160 g/mol. The monoisotopic (exact) mass is 178 g/mol. The number of rotatable bonds is 7. The van der Waals surface area contributed by atoms with Crippen LogP contribution in [0.1, 0.15) is 19.8 Å². The molecule has 0 radical (unpaired) electrons. The molecule has 0 saturated heterocycles. The van der Waals surface area contributed by atoms with E-state index in [-0.39, 0.29) is 19.1 Å². The van der Waals surface area contributed by atoms with Gasteiger partial charge in [0.2, 0.25) is 0 Å². The molecule has 0 aromatic carbocycles. The molecule has 68 valence electrons. The van der Waals surface area contributed by atoms with Crippen LogP contribution in [0.3, 0.4) is 0 Å². The minimum Gasteiger partial charge on any atom is -0.396 e. The summed E-state index contributed by atoms with van der Waals surface area (Å²) in [5.74, 6) is 2.41. The first-order valence-corrected chi connectivity index (χ1v) is 5.30. The highest BCUT2D eigenvalue weighted by Crippen LogP contribution is 2.09. The summed E-state index contributed by atoms with van der Waals surface area (Å²) in [5.41, 5.74) is 0. The molecule has 11 heavy (non-hydrogen) atoms. The fourth-order valence-electron chi connectivity index (χ4n) is 0.859. The zero-order valence-corrected chi connectivity index (χ0v) is 7.94. The predicted octanol–water partition coefficient (Wildman–Crippen LogP) is 1.12. The van der Waals surface area contributed by atoms with Crippen molar-refractivity contribution < 1.29 is 10.2 Å². The summed E-state index contributed by atoms with van der Waals surface area (Å²) in [6.45, 7) is 2.38. The average Bonchev–Trinajstić information content (AvgIpc) is 2.05. The third-order valence-electron chi connectivity index (χ3n) is 1.62. The lowest BCUT2D eigenvalue weighted by Crippen LogP contribution is -2.10. The van der Waals surface area contributed by atoms with E-state index in [0.717, 1.165) is 24.3 Å². The van der Waals surface area contributed by atoms with Crippen LogP contribution in [0.15, 0.2) is 0 Å². The summed E-state index contributed by atoms with van der Waals surface area (Å²) in [7, 11) is 0. The molecule has 0 aliphatic heterocycles. The molecule has 0 fully saturated rings. The number of aliphatic hydroxyl groups excluding tert-OH is 2. The van der Waals surface area contributed by atoms with E-state index < -0.39 is 0 Å². The van der Waals surface area contributed by atoms with Crippen molar-refractivity contribution in [2.75, 3.05) is 24.7 Å². The minimum absolute atomic E-state index is 0.104. The smallest absolute Gasteiger partial charge is 0.0481 e. The molecule has 0 spiro atoms. The van der Waals surface area contributed by atoms with Gasteiger partial charge >= 0.3 is 0 Å². The first-order chi connectivity index (χ1) is 5.35. The van der Waals surface area contributed by atoms with Crippen molar-refractivity contribution in [1.29, 1.82) is 0 Å². The molecule has 0 heterocycles. The van der Waals surface area contributed by atoms with Gasteiger partial charge in [-0.1, -0.05) is 6.92 Å². The molecule has 3 heteroatoms. The Labute approximate surface area is 73.0 Å². The van der Waals surface area contributed by atoms with Gasteiger partial charge in [0.1, 0.15) is 0 Å². The molecule has 0 rings (SSSR count). The van der Waals surface area contributed by atoms with Crippen molar-refractivity contribution >= 4 is 11.8 Å². The van der Waals surface area contributed by atoms with Gasteiger partial charge in [-0.3, -0.25) is 0 Å². The average molecular weight is 178 g/mol. The Bertz CT molecular complexity index is 74.5. The second-order valence-electron chi connectivity index (χ2n) is 2.57. The highest BCUT2D eigenvalue weighted by molar-refractivity contribution is 7.99. The second-order valence-corrected chi connectivity index (χ2v) is 3.96. The fourth-order valence-corrected chi connectivity index (χ4v) is 1.52. The summed E-state index contributed by atoms with van der Waals surface area (Å²) in [6, 6.07) is 0. The molecular formula is C8H18O2S. The third kappa shape index (κ3) is 6.66. The zero-order valence-electron chi connectivity index (χ0n) is 7.12. The first-order valence-electron chi connectivity index (χ1n) is 4.14. The molecule has 0 aromatic rings. The molecule has 0 unspecified atom stereocenters. The zero-order chi connectivity index (χ0) is 8.53. The van der Waals surface area contributed by atoms with Crippen molar-refractivity contribution in [2.45, 2.75) is 19.8 Å². The van der Waals surface area contributed by atoms with Gasteiger partial charge in [0.05, 0.1) is 0 Å². The number of aliphatic hydroxyl groups is 2. The minimum atomic E-state index is 0.104. The summed E-state index contributed by atoms with van der Waals surface area (Å²) < 4.78 is 0. The quantitative estimate of drug-likeness (QED) is 0.574. The molecule has 0 atom stereocenters. The summed E-state index contributed by atoms with van der Waals surface area (Å²) in [4.78, 5) is 0. The van der Waals surface area contributed by atoms with Crippen LogP contribution < -0.4 is 0 Å². The second kappa shape index (κ2) is 8.37. The van der Waals surface area contributed by atoms with Crippen LogP contribution in [0.25, 0.3) is 0 Å². The van der Waals surface area contributed by atoms with Gasteiger partial charge in [-0.05, 0) is 24.3 Å². The van der Waals surface area contributed by atoms with Crippen LogP contribution in [0, 0.1) is 5.92 Å². The van der Waals surface area contributed by atoms with E-state index in [1.54, 1.807) is 0 Å². The van der Waals surface area contributed by atoms with Crippen LogP contribution in [0.4, 0.5) is 0 Å². The van der Waals surface area contributed by atoms with Gasteiger partial charge in [0, 0.05) is 19.1 Å². The van der Waals surface area contributed by atoms with E-state index in [2.05, 4.69) is 6.92 Å². The number of hydrogen-bond donors (Lipinski definition) is 2. The lowest BCUT2D eigenvalue weighted by molar-refractivity contribution is 0.143. The fraction of sp³-hybridized carbons (Fsp3) is 1.00. The van der Waals surface area contributed by atoms with Gasteiger partial charge < -0.3 is 10.2 Å². The summed E-state index contributed by atoms with van der Waals surface area (Å²) in [5, 5.41) is 17.4. The normalized spacial score (nSPS) is 10.9. The lowest BCUT2D eigenvalue weighted by atomic mass is 10.1. The third-order valence-corrected chi connectivity index (χ3v) is 2.61. The first kappa shape index (κ1) is 11.3. The van der Waals surface area contributed by atoms with Crippen molar-refractivity contribution in [3.05, 3.63) is 0 Å². The van der Waals surface area contributed by atoms with Crippen molar-refractivity contribution in [2.24, 2.45) is 5.92 Å². The van der Waals surface area contributed by atoms with E-state index in [1.165, 1.54) is 0 Å². The number of hydrogen-bond acceptors (Lipinski definition) is 3. The molecule has 0 aromatic heterocycles. The molecule has 0 aliphatic rings. The van der Waals surface area contributed by atoms with Crippen molar-refractivity contribution in [1.82, 2.24) is 0 Å². The molecule has 0 aliphatic carbocycles. The standard InChI is InChI=1S/C8H18O2S/c1-2-11-5-3-4-8(6-9)7-10/h8-10H,2-7H2,1H3. The Morgan fingerprint density at radius 1 is 1.27 bits per heavy atom. The van der Waals surface area contributed by atoms with Gasteiger partial charge in [-0.2, -0.15) is 11.8 Å². The number of thioether (sulfide) groups is 1. The molecule has 0 saturated carbocycles.